The van der Waals surface area contributed by atoms with E-state index in [4.69, 9.17) is 10.2 Å². The number of aromatic nitrogens is 2. The van der Waals surface area contributed by atoms with Gasteiger partial charge in [-0.05, 0) is 18.6 Å². The Morgan fingerprint density at radius 3 is 2.83 bits per heavy atom. The summed E-state index contributed by atoms with van der Waals surface area (Å²) in [5.41, 5.74) is 1.48. The van der Waals surface area contributed by atoms with E-state index in [9.17, 15) is 4.79 Å². The standard InChI is InChI=1S/C13H16N2O3/c1-2-4-11-14-12-9(13(17)18)5-3-6-10(12)15(11)7-8-16/h3,5-6,16H,2,4,7-8H2,1H3,(H,17,18). The number of aryl methyl sites for hydroxylation is 1. The van der Waals surface area contributed by atoms with Gasteiger partial charge < -0.3 is 14.8 Å². The van der Waals surface area contributed by atoms with Crippen molar-refractivity contribution in [2.24, 2.45) is 0 Å². The maximum absolute atomic E-state index is 11.2. The first-order chi connectivity index (χ1) is 8.69. The van der Waals surface area contributed by atoms with Gasteiger partial charge >= 0.3 is 5.97 Å². The molecular weight excluding hydrogens is 232 g/mol. The number of carboxylic acids is 1. The first-order valence-corrected chi connectivity index (χ1v) is 6.01. The van der Waals surface area contributed by atoms with Gasteiger partial charge in [-0.3, -0.25) is 0 Å². The van der Waals surface area contributed by atoms with Gasteiger partial charge in [0.15, 0.2) is 0 Å². The molecule has 0 aliphatic rings. The van der Waals surface area contributed by atoms with Gasteiger partial charge in [0.25, 0.3) is 0 Å². The van der Waals surface area contributed by atoms with Crippen LogP contribution in [0.3, 0.4) is 0 Å². The molecule has 0 spiro atoms. The summed E-state index contributed by atoms with van der Waals surface area (Å²) in [6, 6.07) is 5.09. The van der Waals surface area contributed by atoms with Gasteiger partial charge in [-0.15, -0.1) is 0 Å². The van der Waals surface area contributed by atoms with Crippen molar-refractivity contribution >= 4 is 17.0 Å². The van der Waals surface area contributed by atoms with Crippen molar-refractivity contribution in [3.8, 4) is 0 Å². The number of fused-ring (bicyclic) bond motifs is 1. The summed E-state index contributed by atoms with van der Waals surface area (Å²) >= 11 is 0. The van der Waals surface area contributed by atoms with Gasteiger partial charge in [0.1, 0.15) is 11.3 Å². The minimum absolute atomic E-state index is 0.0134. The lowest BCUT2D eigenvalue weighted by molar-refractivity contribution is 0.0699. The summed E-state index contributed by atoms with van der Waals surface area (Å²) in [6.07, 6.45) is 1.70. The van der Waals surface area contributed by atoms with Crippen molar-refractivity contribution in [3.63, 3.8) is 0 Å². The van der Waals surface area contributed by atoms with Gasteiger partial charge in [0.05, 0.1) is 17.7 Å². The molecule has 0 amide bonds. The average Bonchev–Trinajstić information content (AvgIpc) is 2.68. The number of carboxylic acid groups (broad SMARTS) is 1. The van der Waals surface area contributed by atoms with Crippen molar-refractivity contribution in [2.75, 3.05) is 6.61 Å². The minimum atomic E-state index is -0.975. The molecule has 0 aliphatic carbocycles. The first-order valence-electron chi connectivity index (χ1n) is 6.01. The Bertz CT molecular complexity index is 575. The van der Waals surface area contributed by atoms with E-state index < -0.39 is 5.97 Å². The zero-order valence-electron chi connectivity index (χ0n) is 10.3. The van der Waals surface area contributed by atoms with Gasteiger partial charge in [-0.1, -0.05) is 13.0 Å². The van der Waals surface area contributed by atoms with Crippen LogP contribution in [-0.2, 0) is 13.0 Å². The van der Waals surface area contributed by atoms with Crippen LogP contribution >= 0.6 is 0 Å². The molecular formula is C13H16N2O3. The number of carbonyl (C=O) groups is 1. The first kappa shape index (κ1) is 12.6. The van der Waals surface area contributed by atoms with Crippen molar-refractivity contribution in [2.45, 2.75) is 26.3 Å². The van der Waals surface area contributed by atoms with Crippen LogP contribution in [-0.4, -0.2) is 32.3 Å². The van der Waals surface area contributed by atoms with Crippen LogP contribution in [0.25, 0.3) is 11.0 Å². The highest BCUT2D eigenvalue weighted by Gasteiger charge is 2.15. The fourth-order valence-electron chi connectivity index (χ4n) is 2.13. The Morgan fingerprint density at radius 1 is 1.44 bits per heavy atom. The average molecular weight is 248 g/mol. The Kier molecular flexibility index (Phi) is 3.62. The third-order valence-corrected chi connectivity index (χ3v) is 2.89. The molecule has 5 heteroatoms. The molecule has 0 fully saturated rings. The van der Waals surface area contributed by atoms with E-state index in [2.05, 4.69) is 4.98 Å². The van der Waals surface area contributed by atoms with Gasteiger partial charge in [0.2, 0.25) is 0 Å². The highest BCUT2D eigenvalue weighted by Crippen LogP contribution is 2.21. The van der Waals surface area contributed by atoms with E-state index in [-0.39, 0.29) is 12.2 Å². The van der Waals surface area contributed by atoms with Crippen LogP contribution in [0.2, 0.25) is 0 Å². The fraction of sp³-hybridized carbons (Fsp3) is 0.385. The molecule has 0 atom stereocenters. The number of nitrogens with zero attached hydrogens (tertiary/aromatic N) is 2. The zero-order valence-corrected chi connectivity index (χ0v) is 10.3. The summed E-state index contributed by atoms with van der Waals surface area (Å²) in [7, 11) is 0. The molecule has 0 saturated heterocycles. The number of benzene rings is 1. The Balaban J connectivity index is 2.66. The molecule has 1 heterocycles. The highest BCUT2D eigenvalue weighted by atomic mass is 16.4. The number of aromatic carboxylic acids is 1. The summed E-state index contributed by atoms with van der Waals surface area (Å²) in [5, 5.41) is 18.2. The molecule has 96 valence electrons. The molecule has 5 nitrogen and oxygen atoms in total. The quantitative estimate of drug-likeness (QED) is 0.844. The third kappa shape index (κ3) is 2.09. The Hall–Kier alpha value is -1.88. The minimum Gasteiger partial charge on any atom is -0.478 e. The Labute approximate surface area is 105 Å². The molecule has 2 aromatic rings. The number of rotatable bonds is 5. The number of imidazole rings is 1. The molecule has 0 radical (unpaired) electrons. The largest absolute Gasteiger partial charge is 0.478 e. The van der Waals surface area contributed by atoms with Crippen LogP contribution in [0, 0.1) is 0 Å². The summed E-state index contributed by atoms with van der Waals surface area (Å²) in [6.45, 7) is 2.50. The molecule has 1 aromatic heterocycles. The van der Waals surface area contributed by atoms with E-state index in [1.807, 2.05) is 17.6 Å². The lowest BCUT2D eigenvalue weighted by Gasteiger charge is -2.06. The van der Waals surface area contributed by atoms with Crippen LogP contribution in [0.4, 0.5) is 0 Å². The van der Waals surface area contributed by atoms with Gasteiger partial charge in [-0.25, -0.2) is 9.78 Å². The topological polar surface area (TPSA) is 75.3 Å². The smallest absolute Gasteiger partial charge is 0.337 e. The predicted octanol–water partition coefficient (Wildman–Crippen LogP) is 1.68. The lowest BCUT2D eigenvalue weighted by Crippen LogP contribution is -2.06. The number of aliphatic hydroxyl groups excluding tert-OH is 1. The monoisotopic (exact) mass is 248 g/mol. The van der Waals surface area contributed by atoms with Crippen LogP contribution < -0.4 is 0 Å². The van der Waals surface area contributed by atoms with Crippen LogP contribution in [0.15, 0.2) is 18.2 Å². The SMILES string of the molecule is CCCc1nc2c(C(=O)O)cccc2n1CCO. The van der Waals surface area contributed by atoms with E-state index >= 15 is 0 Å². The molecule has 2 N–H and O–H groups in total. The normalized spacial score (nSPS) is 11.0. The molecule has 1 aromatic carbocycles. The van der Waals surface area contributed by atoms with E-state index in [1.54, 1.807) is 12.1 Å². The molecule has 18 heavy (non-hydrogen) atoms. The number of hydrogen-bond acceptors (Lipinski definition) is 3. The van der Waals surface area contributed by atoms with Gasteiger partial charge in [0, 0.05) is 13.0 Å². The zero-order chi connectivity index (χ0) is 13.1. The second-order valence-corrected chi connectivity index (χ2v) is 4.13. The summed E-state index contributed by atoms with van der Waals surface area (Å²) in [5.74, 6) is -0.146. The molecule has 0 unspecified atom stereocenters. The molecule has 0 saturated carbocycles. The van der Waals surface area contributed by atoms with Crippen LogP contribution in [0.1, 0.15) is 29.5 Å². The van der Waals surface area contributed by atoms with Crippen molar-refractivity contribution < 1.29 is 15.0 Å². The number of para-hydroxylation sites is 1. The van der Waals surface area contributed by atoms with E-state index in [0.29, 0.717) is 12.1 Å². The van der Waals surface area contributed by atoms with Crippen LogP contribution in [0.5, 0.6) is 0 Å². The Morgan fingerprint density at radius 2 is 2.22 bits per heavy atom. The van der Waals surface area contributed by atoms with E-state index in [0.717, 1.165) is 24.2 Å². The van der Waals surface area contributed by atoms with E-state index in [1.165, 1.54) is 0 Å². The predicted molar refractivity (Wildman–Crippen MR) is 67.8 cm³/mol. The maximum atomic E-state index is 11.2. The second-order valence-electron chi connectivity index (χ2n) is 4.13. The number of aliphatic hydroxyl groups is 1. The van der Waals surface area contributed by atoms with Crippen molar-refractivity contribution in [3.05, 3.63) is 29.6 Å². The van der Waals surface area contributed by atoms with Gasteiger partial charge in [-0.2, -0.15) is 0 Å². The lowest BCUT2D eigenvalue weighted by atomic mass is 10.2. The molecule has 2 rings (SSSR count). The second kappa shape index (κ2) is 5.18. The summed E-state index contributed by atoms with van der Waals surface area (Å²) < 4.78 is 1.89. The van der Waals surface area contributed by atoms with Crippen molar-refractivity contribution in [1.82, 2.24) is 9.55 Å². The fourth-order valence-corrected chi connectivity index (χ4v) is 2.13. The molecule has 0 aliphatic heterocycles. The van der Waals surface area contributed by atoms with Crippen molar-refractivity contribution in [1.29, 1.82) is 0 Å². The summed E-state index contributed by atoms with van der Waals surface area (Å²) in [4.78, 5) is 15.6. The highest BCUT2D eigenvalue weighted by molar-refractivity contribution is 6.01. The third-order valence-electron chi connectivity index (χ3n) is 2.89. The number of hydrogen-bond donors (Lipinski definition) is 2. The molecule has 0 bridgehead atoms. The maximum Gasteiger partial charge on any atom is 0.337 e.